The number of methoxy groups -OCH3 is 1. The van der Waals surface area contributed by atoms with Gasteiger partial charge in [-0.05, 0) is 61.4 Å². The number of hydrogen-bond acceptors (Lipinski definition) is 4. The summed E-state index contributed by atoms with van der Waals surface area (Å²) in [5, 5.41) is 2.62. The lowest BCUT2D eigenvalue weighted by Gasteiger charge is -2.26. The molecular weight excluding hydrogens is 469 g/mol. The number of para-hydroxylation sites is 1. The van der Waals surface area contributed by atoms with Crippen LogP contribution in [0.25, 0.3) is 0 Å². The van der Waals surface area contributed by atoms with Gasteiger partial charge >= 0.3 is 6.18 Å². The standard InChI is InChI=1S/C24H23F3N2O4S/c1-16-11-12-21(33-3)22(13-16)34(31,32)29(19-9-6-8-18(14-19)24(25,26)27)15-23(30)28-20-10-5-4-7-17(20)2/h4-14H,15H2,1-3H3,(H,28,30). The molecule has 0 atom stereocenters. The van der Waals surface area contributed by atoms with Crippen molar-refractivity contribution in [2.45, 2.75) is 24.9 Å². The van der Waals surface area contributed by atoms with Crippen LogP contribution in [0.5, 0.6) is 5.75 Å². The van der Waals surface area contributed by atoms with Gasteiger partial charge < -0.3 is 10.1 Å². The summed E-state index contributed by atoms with van der Waals surface area (Å²) in [4.78, 5) is 12.6. The fourth-order valence-electron chi connectivity index (χ4n) is 3.29. The largest absolute Gasteiger partial charge is 0.495 e. The average Bonchev–Trinajstić information content (AvgIpc) is 2.78. The van der Waals surface area contributed by atoms with Crippen molar-refractivity contribution in [1.29, 1.82) is 0 Å². The summed E-state index contributed by atoms with van der Waals surface area (Å²) < 4.78 is 73.2. The smallest absolute Gasteiger partial charge is 0.416 e. The van der Waals surface area contributed by atoms with E-state index < -0.39 is 34.2 Å². The van der Waals surface area contributed by atoms with Crippen molar-refractivity contribution < 1.29 is 31.1 Å². The minimum absolute atomic E-state index is 0.00175. The molecule has 0 spiro atoms. The number of nitrogens with zero attached hydrogens (tertiary/aromatic N) is 1. The summed E-state index contributed by atoms with van der Waals surface area (Å²) in [6.45, 7) is 2.67. The normalized spacial score (nSPS) is 11.7. The topological polar surface area (TPSA) is 75.7 Å². The number of nitrogens with one attached hydrogen (secondary N) is 1. The van der Waals surface area contributed by atoms with Crippen molar-refractivity contribution in [1.82, 2.24) is 0 Å². The van der Waals surface area contributed by atoms with Crippen molar-refractivity contribution in [3.63, 3.8) is 0 Å². The molecular formula is C24H23F3N2O4S. The molecule has 0 unspecified atom stereocenters. The zero-order valence-electron chi connectivity index (χ0n) is 18.7. The Bertz CT molecular complexity index is 1310. The highest BCUT2D eigenvalue weighted by molar-refractivity contribution is 7.93. The highest BCUT2D eigenvalue weighted by atomic mass is 32.2. The van der Waals surface area contributed by atoms with Crippen molar-refractivity contribution in [3.05, 3.63) is 83.4 Å². The quantitative estimate of drug-likeness (QED) is 0.494. The lowest BCUT2D eigenvalue weighted by Crippen LogP contribution is -2.38. The lowest BCUT2D eigenvalue weighted by atomic mass is 10.2. The van der Waals surface area contributed by atoms with Crippen LogP contribution >= 0.6 is 0 Å². The van der Waals surface area contributed by atoms with Crippen LogP contribution in [0.1, 0.15) is 16.7 Å². The third kappa shape index (κ3) is 5.51. The van der Waals surface area contributed by atoms with Gasteiger partial charge in [-0.1, -0.05) is 30.3 Å². The van der Waals surface area contributed by atoms with E-state index >= 15 is 0 Å². The van der Waals surface area contributed by atoms with Crippen molar-refractivity contribution >= 4 is 27.3 Å². The van der Waals surface area contributed by atoms with Crippen LogP contribution in [0.15, 0.2) is 71.6 Å². The van der Waals surface area contributed by atoms with Crippen molar-refractivity contribution in [2.75, 3.05) is 23.3 Å². The molecule has 3 aromatic rings. The molecule has 0 radical (unpaired) electrons. The fraction of sp³-hybridized carbons (Fsp3) is 0.208. The molecule has 0 aliphatic carbocycles. The van der Waals surface area contributed by atoms with Crippen molar-refractivity contribution in [3.8, 4) is 5.75 Å². The Morgan fingerprint density at radius 1 is 1.00 bits per heavy atom. The van der Waals surface area contributed by atoms with E-state index in [1.165, 1.54) is 25.3 Å². The number of alkyl halides is 3. The molecule has 180 valence electrons. The van der Waals surface area contributed by atoms with E-state index in [4.69, 9.17) is 4.74 Å². The van der Waals surface area contributed by atoms with Gasteiger partial charge in [-0.15, -0.1) is 0 Å². The molecule has 0 aliphatic rings. The molecule has 0 aromatic heterocycles. The molecule has 0 heterocycles. The number of carbonyl (C=O) groups excluding carboxylic acids is 1. The first-order valence-electron chi connectivity index (χ1n) is 10.1. The maximum absolute atomic E-state index is 13.7. The second-order valence-corrected chi connectivity index (χ2v) is 9.41. The van der Waals surface area contributed by atoms with E-state index in [1.54, 1.807) is 44.2 Å². The number of ether oxygens (including phenoxy) is 1. The molecule has 1 amide bonds. The number of hydrogen-bond donors (Lipinski definition) is 1. The number of benzene rings is 3. The molecule has 0 fully saturated rings. The molecule has 6 nitrogen and oxygen atoms in total. The van der Waals surface area contributed by atoms with Gasteiger partial charge in [0.2, 0.25) is 5.91 Å². The first-order chi connectivity index (χ1) is 15.9. The van der Waals surface area contributed by atoms with Crippen LogP contribution in [0.3, 0.4) is 0 Å². The third-order valence-electron chi connectivity index (χ3n) is 5.06. The Balaban J connectivity index is 2.10. The summed E-state index contributed by atoms with van der Waals surface area (Å²) in [6.07, 6.45) is -4.70. The Morgan fingerprint density at radius 2 is 1.71 bits per heavy atom. The van der Waals surface area contributed by atoms with Gasteiger partial charge in [-0.3, -0.25) is 9.10 Å². The zero-order chi connectivity index (χ0) is 25.1. The van der Waals surface area contributed by atoms with Crippen molar-refractivity contribution in [2.24, 2.45) is 0 Å². The number of halogens is 3. The van der Waals surface area contributed by atoms with E-state index in [2.05, 4.69) is 5.32 Å². The van der Waals surface area contributed by atoms with Gasteiger partial charge in [0.25, 0.3) is 10.0 Å². The van der Waals surface area contributed by atoms with Crippen LogP contribution < -0.4 is 14.4 Å². The predicted octanol–water partition coefficient (Wildman–Crippen LogP) is 5.16. The number of aryl methyl sites for hydroxylation is 2. The first kappa shape index (κ1) is 25.1. The number of carbonyl (C=O) groups is 1. The first-order valence-corrected chi connectivity index (χ1v) is 11.6. The highest BCUT2D eigenvalue weighted by Gasteiger charge is 2.34. The van der Waals surface area contributed by atoms with Gasteiger partial charge in [0.1, 0.15) is 17.2 Å². The van der Waals surface area contributed by atoms with Gasteiger partial charge in [0.15, 0.2) is 0 Å². The number of rotatable bonds is 7. The Morgan fingerprint density at radius 3 is 2.35 bits per heavy atom. The molecule has 0 bridgehead atoms. The average molecular weight is 493 g/mol. The monoisotopic (exact) mass is 492 g/mol. The Hall–Kier alpha value is -3.53. The fourth-order valence-corrected chi connectivity index (χ4v) is 4.95. The molecule has 10 heteroatoms. The lowest BCUT2D eigenvalue weighted by molar-refractivity contribution is -0.137. The van der Waals surface area contributed by atoms with E-state index in [1.807, 2.05) is 0 Å². The van der Waals surface area contributed by atoms with Gasteiger partial charge in [-0.25, -0.2) is 8.42 Å². The summed E-state index contributed by atoms with van der Waals surface area (Å²) in [5.74, 6) is -0.719. The van der Waals surface area contributed by atoms with Crippen LogP contribution in [0, 0.1) is 13.8 Å². The summed E-state index contributed by atoms with van der Waals surface area (Å²) in [6, 6.07) is 15.1. The Labute approximate surface area is 196 Å². The zero-order valence-corrected chi connectivity index (χ0v) is 19.5. The number of anilines is 2. The maximum Gasteiger partial charge on any atom is 0.416 e. The van der Waals surface area contributed by atoms with Gasteiger partial charge in [-0.2, -0.15) is 13.2 Å². The summed E-state index contributed by atoms with van der Waals surface area (Å²) in [7, 11) is -3.22. The van der Waals surface area contributed by atoms with Crippen LogP contribution in [0.2, 0.25) is 0 Å². The minimum atomic E-state index is -4.70. The second kappa shape index (κ2) is 9.76. The molecule has 0 saturated heterocycles. The molecule has 0 saturated carbocycles. The Kier molecular flexibility index (Phi) is 7.21. The highest BCUT2D eigenvalue weighted by Crippen LogP contribution is 2.35. The van der Waals surface area contributed by atoms with Crippen LogP contribution in [-0.4, -0.2) is 28.0 Å². The van der Waals surface area contributed by atoms with Crippen LogP contribution in [-0.2, 0) is 21.0 Å². The number of sulfonamides is 1. The van der Waals surface area contributed by atoms with E-state index in [-0.39, 0.29) is 16.3 Å². The van der Waals surface area contributed by atoms with Gasteiger partial charge in [0.05, 0.1) is 18.4 Å². The number of amides is 1. The second-order valence-electron chi connectivity index (χ2n) is 7.58. The molecule has 3 aromatic carbocycles. The SMILES string of the molecule is COc1ccc(C)cc1S(=O)(=O)N(CC(=O)Nc1ccccc1C)c1cccc(C(F)(F)F)c1. The van der Waals surface area contributed by atoms with Crippen LogP contribution in [0.4, 0.5) is 24.5 Å². The summed E-state index contributed by atoms with van der Waals surface area (Å²) >= 11 is 0. The summed E-state index contributed by atoms with van der Waals surface area (Å²) in [5.41, 5.74) is 0.443. The van der Waals surface area contributed by atoms with E-state index in [0.29, 0.717) is 21.6 Å². The van der Waals surface area contributed by atoms with E-state index in [9.17, 15) is 26.4 Å². The van der Waals surface area contributed by atoms with Gasteiger partial charge in [0, 0.05) is 5.69 Å². The van der Waals surface area contributed by atoms with E-state index in [0.717, 1.165) is 17.7 Å². The minimum Gasteiger partial charge on any atom is -0.495 e. The predicted molar refractivity (Wildman–Crippen MR) is 124 cm³/mol. The molecule has 34 heavy (non-hydrogen) atoms. The maximum atomic E-state index is 13.7. The molecule has 3 rings (SSSR count). The molecule has 0 aliphatic heterocycles. The third-order valence-corrected chi connectivity index (χ3v) is 6.85. The molecule has 1 N–H and O–H groups in total.